The van der Waals surface area contributed by atoms with Crippen LogP contribution in [0.5, 0.6) is 5.75 Å². The van der Waals surface area contributed by atoms with Crippen molar-refractivity contribution in [2.45, 2.75) is 31.7 Å². The zero-order valence-corrected chi connectivity index (χ0v) is 16.2. The van der Waals surface area contributed by atoms with Gasteiger partial charge in [0.2, 0.25) is 0 Å². The molecule has 7 heteroatoms. The SMILES string of the molecule is COc1ccc(Cl)cc1N1CCC(NC(=O)NCCN2CCCCC2)C1. The molecule has 6 nitrogen and oxygen atoms in total. The summed E-state index contributed by atoms with van der Waals surface area (Å²) in [5.41, 5.74) is 0.981. The number of halogens is 1. The normalized spacial score (nSPS) is 20.8. The first-order chi connectivity index (χ1) is 12.7. The number of carbonyl (C=O) groups excluding carboxylic acids is 1. The Kier molecular flexibility index (Phi) is 6.86. The summed E-state index contributed by atoms with van der Waals surface area (Å²) in [5, 5.41) is 6.76. The van der Waals surface area contributed by atoms with Gasteiger partial charge in [-0.2, -0.15) is 0 Å². The van der Waals surface area contributed by atoms with E-state index in [2.05, 4.69) is 20.4 Å². The standard InChI is InChI=1S/C19H29ClN4O2/c1-26-18-6-5-15(20)13-17(18)24-11-7-16(14-24)22-19(25)21-8-12-23-9-3-2-4-10-23/h5-6,13,16H,2-4,7-12,14H2,1H3,(H2,21,22,25). The summed E-state index contributed by atoms with van der Waals surface area (Å²) in [7, 11) is 1.66. The first-order valence-corrected chi connectivity index (χ1v) is 9.88. The molecule has 1 atom stereocenters. The number of ether oxygens (including phenoxy) is 1. The van der Waals surface area contributed by atoms with E-state index in [1.54, 1.807) is 7.11 Å². The average molecular weight is 381 g/mol. The van der Waals surface area contributed by atoms with E-state index in [-0.39, 0.29) is 12.1 Å². The Labute approximate surface area is 160 Å². The largest absolute Gasteiger partial charge is 0.495 e. The molecule has 2 aliphatic rings. The van der Waals surface area contributed by atoms with Crippen LogP contribution in [-0.2, 0) is 0 Å². The Morgan fingerprint density at radius 3 is 2.85 bits per heavy atom. The molecular formula is C19H29ClN4O2. The van der Waals surface area contributed by atoms with Gasteiger partial charge in [-0.25, -0.2) is 4.79 Å². The Bertz CT molecular complexity index is 607. The zero-order chi connectivity index (χ0) is 18.4. The van der Waals surface area contributed by atoms with Crippen molar-refractivity contribution in [1.29, 1.82) is 0 Å². The van der Waals surface area contributed by atoms with Crippen molar-refractivity contribution < 1.29 is 9.53 Å². The minimum Gasteiger partial charge on any atom is -0.495 e. The molecule has 2 aliphatic heterocycles. The minimum atomic E-state index is -0.0769. The quantitative estimate of drug-likeness (QED) is 0.796. The summed E-state index contributed by atoms with van der Waals surface area (Å²) in [4.78, 5) is 16.8. The molecule has 1 aromatic carbocycles. The van der Waals surface area contributed by atoms with Gasteiger partial charge in [-0.05, 0) is 50.6 Å². The minimum absolute atomic E-state index is 0.0769. The molecule has 0 aliphatic carbocycles. The number of nitrogens with zero attached hydrogens (tertiary/aromatic N) is 2. The van der Waals surface area contributed by atoms with Crippen LogP contribution in [0.2, 0.25) is 5.02 Å². The third-order valence-corrected chi connectivity index (χ3v) is 5.40. The Balaban J connectivity index is 1.42. The van der Waals surface area contributed by atoms with Gasteiger partial charge in [0.15, 0.2) is 0 Å². The first-order valence-electron chi connectivity index (χ1n) is 9.51. The van der Waals surface area contributed by atoms with E-state index in [0.29, 0.717) is 11.6 Å². The fourth-order valence-electron chi connectivity index (χ4n) is 3.75. The number of benzene rings is 1. The Hall–Kier alpha value is -1.66. The molecule has 0 radical (unpaired) electrons. The number of hydrogen-bond donors (Lipinski definition) is 2. The van der Waals surface area contributed by atoms with Crippen LogP contribution in [0.4, 0.5) is 10.5 Å². The van der Waals surface area contributed by atoms with Gasteiger partial charge < -0.3 is 25.2 Å². The van der Waals surface area contributed by atoms with Crippen LogP contribution < -0.4 is 20.3 Å². The van der Waals surface area contributed by atoms with Crippen LogP contribution in [0.15, 0.2) is 18.2 Å². The van der Waals surface area contributed by atoms with E-state index in [0.717, 1.165) is 50.6 Å². The molecule has 0 bridgehead atoms. The van der Waals surface area contributed by atoms with Crippen LogP contribution in [0.25, 0.3) is 0 Å². The number of piperidine rings is 1. The highest BCUT2D eigenvalue weighted by molar-refractivity contribution is 6.30. The maximum absolute atomic E-state index is 12.2. The number of rotatable bonds is 6. The number of amides is 2. The highest BCUT2D eigenvalue weighted by Crippen LogP contribution is 2.33. The summed E-state index contributed by atoms with van der Waals surface area (Å²) in [6, 6.07) is 5.68. The number of nitrogens with one attached hydrogen (secondary N) is 2. The molecule has 0 spiro atoms. The number of methoxy groups -OCH3 is 1. The van der Waals surface area contributed by atoms with E-state index in [1.807, 2.05) is 18.2 Å². The molecule has 0 aromatic heterocycles. The van der Waals surface area contributed by atoms with Gasteiger partial charge in [-0.1, -0.05) is 18.0 Å². The predicted molar refractivity (Wildman–Crippen MR) is 105 cm³/mol. The molecule has 26 heavy (non-hydrogen) atoms. The fraction of sp³-hybridized carbons (Fsp3) is 0.632. The lowest BCUT2D eigenvalue weighted by molar-refractivity contribution is 0.219. The number of likely N-dealkylation sites (tertiary alicyclic amines) is 1. The number of urea groups is 1. The monoisotopic (exact) mass is 380 g/mol. The molecule has 1 aromatic rings. The van der Waals surface area contributed by atoms with Crippen LogP contribution in [0, 0.1) is 0 Å². The van der Waals surface area contributed by atoms with Crippen molar-refractivity contribution in [2.75, 3.05) is 51.3 Å². The maximum atomic E-state index is 12.2. The van der Waals surface area contributed by atoms with Gasteiger partial charge in [-0.15, -0.1) is 0 Å². The third kappa shape index (κ3) is 5.17. The van der Waals surface area contributed by atoms with Gasteiger partial charge >= 0.3 is 6.03 Å². The molecule has 1 unspecified atom stereocenters. The maximum Gasteiger partial charge on any atom is 0.315 e. The van der Waals surface area contributed by atoms with Crippen molar-refractivity contribution in [3.8, 4) is 5.75 Å². The second-order valence-electron chi connectivity index (χ2n) is 7.05. The Morgan fingerprint density at radius 1 is 1.27 bits per heavy atom. The summed E-state index contributed by atoms with van der Waals surface area (Å²) < 4.78 is 5.44. The second kappa shape index (κ2) is 9.33. The van der Waals surface area contributed by atoms with E-state index >= 15 is 0 Å². The van der Waals surface area contributed by atoms with Crippen molar-refractivity contribution >= 4 is 23.3 Å². The molecule has 2 fully saturated rings. The van der Waals surface area contributed by atoms with Crippen LogP contribution in [0.3, 0.4) is 0 Å². The van der Waals surface area contributed by atoms with E-state index in [9.17, 15) is 4.79 Å². The summed E-state index contributed by atoms with van der Waals surface area (Å²) >= 11 is 6.13. The number of hydrogen-bond acceptors (Lipinski definition) is 4. The van der Waals surface area contributed by atoms with Crippen LogP contribution in [0.1, 0.15) is 25.7 Å². The molecular weight excluding hydrogens is 352 g/mol. The molecule has 2 heterocycles. The predicted octanol–water partition coefficient (Wildman–Crippen LogP) is 2.71. The molecule has 0 saturated carbocycles. The highest BCUT2D eigenvalue weighted by atomic mass is 35.5. The van der Waals surface area contributed by atoms with Gasteiger partial charge in [-0.3, -0.25) is 0 Å². The molecule has 2 amide bonds. The second-order valence-corrected chi connectivity index (χ2v) is 7.49. The summed E-state index contributed by atoms with van der Waals surface area (Å²) in [6.45, 7) is 5.57. The van der Waals surface area contributed by atoms with Crippen molar-refractivity contribution in [3.05, 3.63) is 23.2 Å². The van der Waals surface area contributed by atoms with E-state index in [1.165, 1.54) is 19.3 Å². The highest BCUT2D eigenvalue weighted by Gasteiger charge is 2.26. The van der Waals surface area contributed by atoms with Gasteiger partial charge in [0.25, 0.3) is 0 Å². The van der Waals surface area contributed by atoms with Gasteiger partial charge in [0.1, 0.15) is 5.75 Å². The summed E-state index contributed by atoms with van der Waals surface area (Å²) in [6.07, 6.45) is 4.79. The first kappa shape index (κ1) is 19.1. The zero-order valence-electron chi connectivity index (χ0n) is 15.5. The molecule has 2 saturated heterocycles. The number of carbonyl (C=O) groups is 1. The van der Waals surface area contributed by atoms with E-state index in [4.69, 9.17) is 16.3 Å². The lowest BCUT2D eigenvalue weighted by atomic mass is 10.1. The fourth-order valence-corrected chi connectivity index (χ4v) is 3.92. The lowest BCUT2D eigenvalue weighted by Gasteiger charge is -2.26. The smallest absolute Gasteiger partial charge is 0.315 e. The van der Waals surface area contributed by atoms with Crippen LogP contribution >= 0.6 is 11.6 Å². The van der Waals surface area contributed by atoms with Gasteiger partial charge in [0, 0.05) is 37.2 Å². The third-order valence-electron chi connectivity index (χ3n) is 5.17. The van der Waals surface area contributed by atoms with Gasteiger partial charge in [0.05, 0.1) is 12.8 Å². The Morgan fingerprint density at radius 2 is 2.08 bits per heavy atom. The van der Waals surface area contributed by atoms with Crippen molar-refractivity contribution in [3.63, 3.8) is 0 Å². The number of anilines is 1. The molecule has 3 rings (SSSR count). The van der Waals surface area contributed by atoms with E-state index < -0.39 is 0 Å². The lowest BCUT2D eigenvalue weighted by Crippen LogP contribution is -2.46. The summed E-state index contributed by atoms with van der Waals surface area (Å²) in [5.74, 6) is 0.807. The van der Waals surface area contributed by atoms with Crippen LogP contribution in [-0.4, -0.2) is 63.4 Å². The van der Waals surface area contributed by atoms with Crippen molar-refractivity contribution in [2.24, 2.45) is 0 Å². The topological polar surface area (TPSA) is 56.8 Å². The molecule has 144 valence electrons. The average Bonchev–Trinajstić information content (AvgIpc) is 3.11. The molecule has 2 N–H and O–H groups in total. The van der Waals surface area contributed by atoms with Crippen molar-refractivity contribution in [1.82, 2.24) is 15.5 Å².